The summed E-state index contributed by atoms with van der Waals surface area (Å²) >= 11 is 0. The van der Waals surface area contributed by atoms with Gasteiger partial charge in [-0.15, -0.1) is 0 Å². The average molecular weight is 328 g/mol. The largest absolute Gasteiger partial charge is 0.314 e. The van der Waals surface area contributed by atoms with Gasteiger partial charge in [0, 0.05) is 26.2 Å². The predicted octanol–water partition coefficient (Wildman–Crippen LogP) is 4.35. The van der Waals surface area contributed by atoms with Crippen molar-refractivity contribution < 1.29 is 0 Å². The third-order valence-electron chi connectivity index (χ3n) is 4.97. The summed E-state index contributed by atoms with van der Waals surface area (Å²) in [6.07, 6.45) is 0. The van der Waals surface area contributed by atoms with Gasteiger partial charge in [-0.25, -0.2) is 0 Å². The van der Waals surface area contributed by atoms with Gasteiger partial charge in [-0.2, -0.15) is 0 Å². The van der Waals surface area contributed by atoms with Crippen LogP contribution in [0.2, 0.25) is 0 Å². The summed E-state index contributed by atoms with van der Waals surface area (Å²) in [7, 11) is 0. The van der Waals surface area contributed by atoms with Crippen molar-refractivity contribution >= 4 is 0 Å². The molecule has 0 spiro atoms. The lowest BCUT2D eigenvalue weighted by atomic mass is 9.94. The Kier molecular flexibility index (Phi) is 4.91. The third kappa shape index (κ3) is 3.65. The molecule has 1 aliphatic rings. The molecule has 1 atom stereocenters. The van der Waals surface area contributed by atoms with Crippen LogP contribution in [-0.2, 0) is 0 Å². The number of rotatable bonds is 4. The lowest BCUT2D eigenvalue weighted by Crippen LogP contribution is -2.45. The highest BCUT2D eigenvalue weighted by atomic mass is 15.2. The quantitative estimate of drug-likeness (QED) is 0.766. The van der Waals surface area contributed by atoms with Crippen molar-refractivity contribution in [3.63, 3.8) is 0 Å². The minimum absolute atomic E-state index is 0.327. The van der Waals surface area contributed by atoms with Crippen LogP contribution in [0.5, 0.6) is 0 Å². The molecule has 1 saturated heterocycles. The SMILES string of the molecule is c1ccc(-c2ccc([C@H](c3ccccc3)N3CCNCC3)cc2)cc1. The molecule has 0 saturated carbocycles. The van der Waals surface area contributed by atoms with Crippen LogP contribution in [0.1, 0.15) is 17.2 Å². The van der Waals surface area contributed by atoms with Crippen LogP contribution in [-0.4, -0.2) is 31.1 Å². The molecule has 0 amide bonds. The van der Waals surface area contributed by atoms with Gasteiger partial charge in [0.05, 0.1) is 6.04 Å². The Morgan fingerprint density at radius 3 is 1.76 bits per heavy atom. The highest BCUT2D eigenvalue weighted by Gasteiger charge is 2.23. The molecule has 1 N–H and O–H groups in total. The predicted molar refractivity (Wildman–Crippen MR) is 105 cm³/mol. The van der Waals surface area contributed by atoms with E-state index in [-0.39, 0.29) is 0 Å². The summed E-state index contributed by atoms with van der Waals surface area (Å²) < 4.78 is 0. The summed E-state index contributed by atoms with van der Waals surface area (Å²) in [6, 6.07) is 30.9. The first-order valence-electron chi connectivity index (χ1n) is 9.07. The molecule has 25 heavy (non-hydrogen) atoms. The first-order chi connectivity index (χ1) is 12.4. The van der Waals surface area contributed by atoms with E-state index in [1.807, 2.05) is 0 Å². The van der Waals surface area contributed by atoms with Gasteiger partial charge in [-0.3, -0.25) is 4.90 Å². The van der Waals surface area contributed by atoms with Gasteiger partial charge < -0.3 is 5.32 Å². The van der Waals surface area contributed by atoms with E-state index < -0.39 is 0 Å². The van der Waals surface area contributed by atoms with Crippen LogP contribution in [0, 0.1) is 0 Å². The first kappa shape index (κ1) is 16.1. The second-order valence-corrected chi connectivity index (χ2v) is 6.59. The molecule has 3 aromatic carbocycles. The number of hydrogen-bond donors (Lipinski definition) is 1. The van der Waals surface area contributed by atoms with Crippen LogP contribution < -0.4 is 5.32 Å². The molecule has 2 heteroatoms. The van der Waals surface area contributed by atoms with Gasteiger partial charge in [0.2, 0.25) is 0 Å². The van der Waals surface area contributed by atoms with E-state index in [4.69, 9.17) is 0 Å². The molecular weight excluding hydrogens is 304 g/mol. The zero-order valence-corrected chi connectivity index (χ0v) is 14.4. The van der Waals surface area contributed by atoms with Crippen molar-refractivity contribution in [2.24, 2.45) is 0 Å². The molecule has 1 aliphatic heterocycles. The Morgan fingerprint density at radius 2 is 1.12 bits per heavy atom. The molecule has 1 fully saturated rings. The van der Waals surface area contributed by atoms with Crippen molar-refractivity contribution in [3.05, 3.63) is 96.1 Å². The number of benzene rings is 3. The highest BCUT2D eigenvalue weighted by Crippen LogP contribution is 2.30. The molecule has 4 rings (SSSR count). The minimum Gasteiger partial charge on any atom is -0.314 e. The minimum atomic E-state index is 0.327. The van der Waals surface area contributed by atoms with Gasteiger partial charge >= 0.3 is 0 Å². The zero-order valence-electron chi connectivity index (χ0n) is 14.4. The van der Waals surface area contributed by atoms with Crippen molar-refractivity contribution in [3.8, 4) is 11.1 Å². The van der Waals surface area contributed by atoms with Crippen LogP contribution in [0.3, 0.4) is 0 Å². The Labute approximate surface area is 150 Å². The normalized spacial score (nSPS) is 16.5. The van der Waals surface area contributed by atoms with Gasteiger partial charge in [0.1, 0.15) is 0 Å². The number of hydrogen-bond acceptors (Lipinski definition) is 2. The van der Waals surface area contributed by atoms with Crippen LogP contribution in [0.25, 0.3) is 11.1 Å². The van der Waals surface area contributed by atoms with E-state index in [9.17, 15) is 0 Å². The Bertz CT molecular complexity index is 775. The van der Waals surface area contributed by atoms with Gasteiger partial charge in [-0.05, 0) is 22.3 Å². The van der Waals surface area contributed by atoms with Gasteiger partial charge in [-0.1, -0.05) is 84.9 Å². The third-order valence-corrected chi connectivity index (χ3v) is 4.97. The maximum atomic E-state index is 3.46. The van der Waals surface area contributed by atoms with Crippen molar-refractivity contribution in [2.75, 3.05) is 26.2 Å². The molecule has 3 aromatic rings. The maximum Gasteiger partial charge on any atom is 0.0602 e. The monoisotopic (exact) mass is 328 g/mol. The first-order valence-corrected chi connectivity index (χ1v) is 9.07. The standard InChI is InChI=1S/C23H24N2/c1-3-7-19(8-4-1)20-11-13-22(14-12-20)23(21-9-5-2-6-10-21)25-17-15-24-16-18-25/h1-14,23-24H,15-18H2/t23-/m0/s1. The van der Waals surface area contributed by atoms with Crippen molar-refractivity contribution in [2.45, 2.75) is 6.04 Å². The maximum absolute atomic E-state index is 3.46. The summed E-state index contributed by atoms with van der Waals surface area (Å²) in [6.45, 7) is 4.29. The van der Waals surface area contributed by atoms with E-state index in [1.54, 1.807) is 0 Å². The second-order valence-electron chi connectivity index (χ2n) is 6.59. The van der Waals surface area contributed by atoms with E-state index >= 15 is 0 Å². The number of nitrogens with one attached hydrogen (secondary N) is 1. The smallest absolute Gasteiger partial charge is 0.0602 e. The van der Waals surface area contributed by atoms with E-state index in [0.717, 1.165) is 26.2 Å². The summed E-state index contributed by atoms with van der Waals surface area (Å²) in [5.41, 5.74) is 5.29. The fourth-order valence-electron chi connectivity index (χ4n) is 3.68. The molecule has 126 valence electrons. The lowest BCUT2D eigenvalue weighted by molar-refractivity contribution is 0.198. The van der Waals surface area contributed by atoms with Crippen molar-refractivity contribution in [1.82, 2.24) is 10.2 Å². The lowest BCUT2D eigenvalue weighted by Gasteiger charge is -2.35. The molecule has 0 radical (unpaired) electrons. The molecule has 0 bridgehead atoms. The summed E-state index contributed by atoms with van der Waals surface area (Å²) in [4.78, 5) is 2.59. The van der Waals surface area contributed by atoms with Gasteiger partial charge in [0.15, 0.2) is 0 Å². The Hall–Kier alpha value is -2.42. The van der Waals surface area contributed by atoms with Crippen molar-refractivity contribution in [1.29, 1.82) is 0 Å². The Morgan fingerprint density at radius 1 is 0.600 bits per heavy atom. The average Bonchev–Trinajstić information content (AvgIpc) is 2.71. The number of nitrogens with zero attached hydrogens (tertiary/aromatic N) is 1. The fourth-order valence-corrected chi connectivity index (χ4v) is 3.68. The second kappa shape index (κ2) is 7.64. The topological polar surface area (TPSA) is 15.3 Å². The van der Waals surface area contributed by atoms with Crippen LogP contribution >= 0.6 is 0 Å². The fraction of sp³-hybridized carbons (Fsp3) is 0.217. The number of piperazine rings is 1. The van der Waals surface area contributed by atoms with Gasteiger partial charge in [0.25, 0.3) is 0 Å². The van der Waals surface area contributed by atoms with E-state index in [2.05, 4.69) is 95.1 Å². The Balaban J connectivity index is 1.67. The molecular formula is C23H24N2. The van der Waals surface area contributed by atoms with Crippen LogP contribution in [0.4, 0.5) is 0 Å². The highest BCUT2D eigenvalue weighted by molar-refractivity contribution is 5.63. The van der Waals surface area contributed by atoms with Crippen LogP contribution in [0.15, 0.2) is 84.9 Å². The summed E-state index contributed by atoms with van der Waals surface area (Å²) in [5.74, 6) is 0. The molecule has 0 unspecified atom stereocenters. The molecule has 1 heterocycles. The van der Waals surface area contributed by atoms with E-state index in [1.165, 1.54) is 22.3 Å². The summed E-state index contributed by atoms with van der Waals surface area (Å²) in [5, 5.41) is 3.46. The van der Waals surface area contributed by atoms with E-state index in [0.29, 0.717) is 6.04 Å². The molecule has 2 nitrogen and oxygen atoms in total. The zero-order chi connectivity index (χ0) is 16.9. The molecule has 0 aromatic heterocycles. The molecule has 0 aliphatic carbocycles.